The Morgan fingerprint density at radius 2 is 2.11 bits per heavy atom. The van der Waals surface area contributed by atoms with Crippen molar-refractivity contribution in [2.75, 3.05) is 5.88 Å². The Balaban J connectivity index is 2.00. The molecule has 0 N–H and O–H groups in total. The number of hydrogen-bond acceptors (Lipinski definition) is 1. The molecule has 1 aromatic heterocycles. The van der Waals surface area contributed by atoms with Gasteiger partial charge in [0.1, 0.15) is 0 Å². The fraction of sp³-hybridized carbons (Fsp3) is 0.400. The molecule has 94 valence electrons. The van der Waals surface area contributed by atoms with Crippen molar-refractivity contribution in [3.05, 3.63) is 47.8 Å². The molecule has 0 unspecified atom stereocenters. The Kier molecular flexibility index (Phi) is 3.37. The molecular weight excluding hydrogens is 244 g/mol. The molecule has 3 rings (SSSR count). The van der Waals surface area contributed by atoms with E-state index in [0.29, 0.717) is 5.92 Å². The Labute approximate surface area is 113 Å². The molecule has 3 heteroatoms. The molecule has 2 nitrogen and oxygen atoms in total. The molecule has 0 fully saturated rings. The van der Waals surface area contributed by atoms with E-state index in [1.54, 1.807) is 0 Å². The quantitative estimate of drug-likeness (QED) is 0.765. The van der Waals surface area contributed by atoms with Crippen LogP contribution in [0.25, 0.3) is 5.69 Å². The van der Waals surface area contributed by atoms with Gasteiger partial charge >= 0.3 is 0 Å². The first-order valence-electron chi connectivity index (χ1n) is 6.58. The van der Waals surface area contributed by atoms with E-state index < -0.39 is 0 Å². The van der Waals surface area contributed by atoms with Gasteiger partial charge in [0.25, 0.3) is 0 Å². The second-order valence-electron chi connectivity index (χ2n) is 4.86. The number of aromatic nitrogens is 2. The fourth-order valence-corrected chi connectivity index (χ4v) is 3.14. The normalized spacial score (nSPS) is 18.6. The summed E-state index contributed by atoms with van der Waals surface area (Å²) in [5.41, 5.74) is 3.94. The van der Waals surface area contributed by atoms with Crippen molar-refractivity contribution in [3.8, 4) is 5.69 Å². The van der Waals surface area contributed by atoms with Crippen LogP contribution in [0, 0.1) is 0 Å². The topological polar surface area (TPSA) is 17.8 Å². The summed E-state index contributed by atoms with van der Waals surface area (Å²) in [5, 5.41) is 4.57. The molecule has 18 heavy (non-hydrogen) atoms. The summed E-state index contributed by atoms with van der Waals surface area (Å²) in [6.45, 7) is 0. The maximum atomic E-state index is 5.90. The minimum absolute atomic E-state index is 0.601. The number of rotatable bonds is 3. The Morgan fingerprint density at radius 3 is 2.89 bits per heavy atom. The molecule has 2 aromatic rings. The first-order chi connectivity index (χ1) is 8.90. The number of alkyl halides is 1. The lowest BCUT2D eigenvalue weighted by molar-refractivity contribution is 0.532. The molecule has 1 aliphatic rings. The highest BCUT2D eigenvalue weighted by Gasteiger charge is 2.24. The van der Waals surface area contributed by atoms with Gasteiger partial charge in [-0.15, -0.1) is 11.6 Å². The van der Waals surface area contributed by atoms with Gasteiger partial charge in [-0.3, -0.25) is 0 Å². The van der Waals surface area contributed by atoms with Crippen LogP contribution in [-0.2, 0) is 6.42 Å². The van der Waals surface area contributed by atoms with Gasteiger partial charge in [-0.25, -0.2) is 4.68 Å². The summed E-state index contributed by atoms with van der Waals surface area (Å²) in [6.07, 6.45) is 6.73. The smallest absolute Gasteiger partial charge is 0.0648 e. The zero-order valence-corrected chi connectivity index (χ0v) is 11.1. The second kappa shape index (κ2) is 5.15. The molecule has 0 saturated heterocycles. The molecule has 0 aliphatic heterocycles. The van der Waals surface area contributed by atoms with Crippen LogP contribution in [-0.4, -0.2) is 15.7 Å². The molecule has 0 bridgehead atoms. The lowest BCUT2D eigenvalue weighted by Crippen LogP contribution is -2.12. The van der Waals surface area contributed by atoms with Crippen LogP contribution in [0.4, 0.5) is 0 Å². The highest BCUT2D eigenvalue weighted by atomic mass is 35.5. The van der Waals surface area contributed by atoms with E-state index in [1.165, 1.54) is 24.1 Å². The number of benzene rings is 1. The summed E-state index contributed by atoms with van der Waals surface area (Å²) in [5.74, 6) is 1.34. The van der Waals surface area contributed by atoms with Crippen molar-refractivity contribution in [1.82, 2.24) is 9.78 Å². The molecule has 1 aliphatic carbocycles. The Morgan fingerprint density at radius 1 is 1.28 bits per heavy atom. The summed E-state index contributed by atoms with van der Waals surface area (Å²) >= 11 is 5.90. The van der Waals surface area contributed by atoms with Crippen molar-refractivity contribution < 1.29 is 0 Å². The molecule has 0 amide bonds. The standard InChI is InChI=1S/C15H17ClN2/c16-10-9-12-5-4-8-15-14(12)11-17-18(15)13-6-2-1-3-7-13/h1-3,6-7,11-12H,4-5,8-10H2/t12-/m1/s1. The third kappa shape index (κ3) is 2.05. The van der Waals surface area contributed by atoms with Crippen molar-refractivity contribution in [1.29, 1.82) is 0 Å². The van der Waals surface area contributed by atoms with Crippen molar-refractivity contribution in [2.45, 2.75) is 31.6 Å². The van der Waals surface area contributed by atoms with Crippen molar-refractivity contribution in [3.63, 3.8) is 0 Å². The summed E-state index contributed by atoms with van der Waals surface area (Å²) < 4.78 is 2.09. The molecular formula is C15H17ClN2. The van der Waals surface area contributed by atoms with Crippen LogP contribution in [0.2, 0.25) is 0 Å². The molecule has 0 spiro atoms. The van der Waals surface area contributed by atoms with Gasteiger partial charge in [-0.05, 0) is 49.3 Å². The van der Waals surface area contributed by atoms with E-state index in [-0.39, 0.29) is 0 Å². The fourth-order valence-electron chi connectivity index (χ4n) is 2.87. The van der Waals surface area contributed by atoms with Crippen LogP contribution < -0.4 is 0 Å². The largest absolute Gasteiger partial charge is 0.238 e. The Hall–Kier alpha value is -1.28. The zero-order chi connectivity index (χ0) is 12.4. The van der Waals surface area contributed by atoms with Gasteiger partial charge in [0.05, 0.1) is 11.9 Å². The van der Waals surface area contributed by atoms with E-state index in [9.17, 15) is 0 Å². The van der Waals surface area contributed by atoms with Crippen LogP contribution in [0.1, 0.15) is 36.4 Å². The molecule has 1 atom stereocenters. The van der Waals surface area contributed by atoms with Gasteiger partial charge in [0, 0.05) is 11.6 Å². The number of para-hydroxylation sites is 1. The lowest BCUT2D eigenvalue weighted by Gasteiger charge is -2.22. The first kappa shape index (κ1) is 11.8. The second-order valence-corrected chi connectivity index (χ2v) is 5.24. The van der Waals surface area contributed by atoms with Gasteiger partial charge in [0.2, 0.25) is 0 Å². The maximum Gasteiger partial charge on any atom is 0.0648 e. The number of fused-ring (bicyclic) bond motifs is 1. The maximum absolute atomic E-state index is 5.90. The predicted octanol–water partition coefficient (Wildman–Crippen LogP) is 3.92. The van der Waals surface area contributed by atoms with Crippen LogP contribution in [0.3, 0.4) is 0 Å². The van der Waals surface area contributed by atoms with E-state index >= 15 is 0 Å². The van der Waals surface area contributed by atoms with E-state index in [4.69, 9.17) is 11.6 Å². The average molecular weight is 261 g/mol. The van der Waals surface area contributed by atoms with Crippen LogP contribution >= 0.6 is 11.6 Å². The van der Waals surface area contributed by atoms with Crippen LogP contribution in [0.15, 0.2) is 36.5 Å². The van der Waals surface area contributed by atoms with Crippen molar-refractivity contribution >= 4 is 11.6 Å². The lowest BCUT2D eigenvalue weighted by atomic mass is 9.85. The minimum Gasteiger partial charge on any atom is -0.238 e. The van der Waals surface area contributed by atoms with E-state index in [1.807, 2.05) is 12.3 Å². The number of nitrogens with zero attached hydrogens (tertiary/aromatic N) is 2. The third-order valence-corrected chi connectivity index (χ3v) is 3.98. The monoisotopic (exact) mass is 260 g/mol. The average Bonchev–Trinajstić information content (AvgIpc) is 2.85. The SMILES string of the molecule is ClCC[C@H]1CCCc2c1cnn2-c1ccccc1. The molecule has 0 radical (unpaired) electrons. The van der Waals surface area contributed by atoms with Gasteiger partial charge < -0.3 is 0 Å². The Bertz CT molecular complexity index is 519. The zero-order valence-electron chi connectivity index (χ0n) is 10.3. The summed E-state index contributed by atoms with van der Waals surface area (Å²) in [4.78, 5) is 0. The predicted molar refractivity (Wildman–Crippen MR) is 74.6 cm³/mol. The highest BCUT2D eigenvalue weighted by Crippen LogP contribution is 2.34. The van der Waals surface area contributed by atoms with Crippen LogP contribution in [0.5, 0.6) is 0 Å². The van der Waals surface area contributed by atoms with Gasteiger partial charge in [-0.2, -0.15) is 5.10 Å². The summed E-state index contributed by atoms with van der Waals surface area (Å²) in [7, 11) is 0. The van der Waals surface area contributed by atoms with E-state index in [2.05, 4.69) is 34.0 Å². The molecule has 0 saturated carbocycles. The number of hydrogen-bond donors (Lipinski definition) is 0. The number of halogens is 1. The molecule has 1 aromatic carbocycles. The van der Waals surface area contributed by atoms with Crippen molar-refractivity contribution in [2.24, 2.45) is 0 Å². The minimum atomic E-state index is 0.601. The van der Waals surface area contributed by atoms with Gasteiger partial charge in [-0.1, -0.05) is 18.2 Å². The van der Waals surface area contributed by atoms with Gasteiger partial charge in [0.15, 0.2) is 0 Å². The third-order valence-electron chi connectivity index (χ3n) is 3.77. The highest BCUT2D eigenvalue weighted by molar-refractivity contribution is 6.17. The molecule has 1 heterocycles. The summed E-state index contributed by atoms with van der Waals surface area (Å²) in [6, 6.07) is 10.4. The van der Waals surface area contributed by atoms with E-state index in [0.717, 1.165) is 24.4 Å². The first-order valence-corrected chi connectivity index (χ1v) is 7.12.